The van der Waals surface area contributed by atoms with Crippen molar-refractivity contribution in [3.8, 4) is 0 Å². The average molecular weight is 258 g/mol. The summed E-state index contributed by atoms with van der Waals surface area (Å²) in [6.45, 7) is 1.87. The number of alkyl halides is 1. The van der Waals surface area contributed by atoms with Gasteiger partial charge in [0.05, 0.1) is 4.92 Å². The quantitative estimate of drug-likeness (QED) is 0.462. The molecule has 1 fully saturated rings. The van der Waals surface area contributed by atoms with E-state index >= 15 is 0 Å². The summed E-state index contributed by atoms with van der Waals surface area (Å²) in [5, 5.41) is 15.3. The number of rotatable bonds is 5. The number of hydrogen-bond donors (Lipinski definition) is 0. The van der Waals surface area contributed by atoms with Crippen LogP contribution >= 0.6 is 11.6 Å². The van der Waals surface area contributed by atoms with Gasteiger partial charge in [0.2, 0.25) is 0 Å². The number of nitro groups is 1. The van der Waals surface area contributed by atoms with Gasteiger partial charge in [-0.1, -0.05) is 6.92 Å². The van der Waals surface area contributed by atoms with Gasteiger partial charge in [-0.15, -0.1) is 11.6 Å². The van der Waals surface area contributed by atoms with Crippen LogP contribution in [0.3, 0.4) is 0 Å². The predicted octanol–water partition coefficient (Wildman–Crippen LogP) is 2.45. The van der Waals surface area contributed by atoms with E-state index in [4.69, 9.17) is 11.6 Å². The lowest BCUT2D eigenvalue weighted by Crippen LogP contribution is -2.11. The number of halogens is 1. The van der Waals surface area contributed by atoms with E-state index in [2.05, 4.69) is 5.10 Å². The van der Waals surface area contributed by atoms with Crippen molar-refractivity contribution >= 4 is 17.3 Å². The second kappa shape index (κ2) is 4.64. The van der Waals surface area contributed by atoms with Crippen molar-refractivity contribution in [2.24, 2.45) is 13.0 Å². The Labute approximate surface area is 105 Å². The predicted molar refractivity (Wildman–Crippen MR) is 65.3 cm³/mol. The first-order valence-electron chi connectivity index (χ1n) is 5.87. The normalized spacial score (nSPS) is 17.1. The molecular weight excluding hydrogens is 242 g/mol. The van der Waals surface area contributed by atoms with Crippen LogP contribution in [0.25, 0.3) is 0 Å². The van der Waals surface area contributed by atoms with Gasteiger partial charge < -0.3 is 0 Å². The van der Waals surface area contributed by atoms with Crippen molar-refractivity contribution in [3.63, 3.8) is 0 Å². The summed E-state index contributed by atoms with van der Waals surface area (Å²) in [7, 11) is 1.75. The van der Waals surface area contributed by atoms with Gasteiger partial charge in [-0.2, -0.15) is 5.10 Å². The van der Waals surface area contributed by atoms with Crippen molar-refractivity contribution in [1.82, 2.24) is 9.78 Å². The fraction of sp³-hybridized carbons (Fsp3) is 0.727. The van der Waals surface area contributed by atoms with E-state index in [1.54, 1.807) is 11.7 Å². The Morgan fingerprint density at radius 3 is 2.76 bits per heavy atom. The first-order valence-corrected chi connectivity index (χ1v) is 6.31. The molecule has 6 heteroatoms. The highest BCUT2D eigenvalue weighted by Crippen LogP contribution is 2.38. The number of hydrogen-bond acceptors (Lipinski definition) is 3. The van der Waals surface area contributed by atoms with Gasteiger partial charge in [0.25, 0.3) is 0 Å². The zero-order chi connectivity index (χ0) is 12.6. The maximum Gasteiger partial charge on any atom is 0.313 e. The molecule has 0 bridgehead atoms. The molecule has 0 radical (unpaired) electrons. The zero-order valence-corrected chi connectivity index (χ0v) is 10.8. The van der Waals surface area contributed by atoms with Crippen LogP contribution in [-0.2, 0) is 19.9 Å². The number of aryl methyl sites for hydroxylation is 2. The molecule has 0 spiro atoms. The van der Waals surface area contributed by atoms with E-state index in [-0.39, 0.29) is 16.0 Å². The van der Waals surface area contributed by atoms with E-state index in [9.17, 15) is 10.1 Å². The maximum absolute atomic E-state index is 11.1. The lowest BCUT2D eigenvalue weighted by atomic mass is 10.1. The largest absolute Gasteiger partial charge is 0.313 e. The fourth-order valence-corrected chi connectivity index (χ4v) is 2.49. The highest BCUT2D eigenvalue weighted by Gasteiger charge is 2.34. The fourth-order valence-electron chi connectivity index (χ4n) is 2.10. The average Bonchev–Trinajstić information content (AvgIpc) is 3.05. The molecule has 1 unspecified atom stereocenters. The van der Waals surface area contributed by atoms with E-state index < -0.39 is 0 Å². The molecule has 2 rings (SSSR count). The van der Waals surface area contributed by atoms with Gasteiger partial charge in [-0.25, -0.2) is 0 Å². The molecule has 0 amide bonds. The Hall–Kier alpha value is -1.10. The van der Waals surface area contributed by atoms with Crippen molar-refractivity contribution < 1.29 is 4.92 Å². The number of aromatic nitrogens is 2. The Bertz CT molecular complexity index is 440. The molecular formula is C11H16ClN3O2. The molecule has 1 aromatic heterocycles. The van der Waals surface area contributed by atoms with Gasteiger partial charge in [0.1, 0.15) is 11.4 Å². The Morgan fingerprint density at radius 2 is 2.29 bits per heavy atom. The molecule has 0 N–H and O–H groups in total. The van der Waals surface area contributed by atoms with Gasteiger partial charge in [0, 0.05) is 18.8 Å². The molecule has 5 nitrogen and oxygen atoms in total. The molecule has 1 aliphatic rings. The summed E-state index contributed by atoms with van der Waals surface area (Å²) in [6, 6.07) is 0. The smallest absolute Gasteiger partial charge is 0.265 e. The summed E-state index contributed by atoms with van der Waals surface area (Å²) in [5.74, 6) is 0.524. The minimum Gasteiger partial charge on any atom is -0.265 e. The third-order valence-corrected chi connectivity index (χ3v) is 3.76. The first kappa shape index (κ1) is 12.4. The van der Waals surface area contributed by atoms with Crippen LogP contribution in [0.5, 0.6) is 0 Å². The van der Waals surface area contributed by atoms with E-state index in [1.165, 1.54) is 0 Å². The van der Waals surface area contributed by atoms with Crippen LogP contribution in [0.1, 0.15) is 31.2 Å². The molecule has 1 aliphatic carbocycles. The molecule has 1 saturated carbocycles. The minimum atomic E-state index is -0.336. The van der Waals surface area contributed by atoms with Gasteiger partial charge >= 0.3 is 5.69 Å². The third-order valence-electron chi connectivity index (χ3n) is 3.25. The van der Waals surface area contributed by atoms with Crippen LogP contribution in [0, 0.1) is 16.0 Å². The monoisotopic (exact) mass is 257 g/mol. The summed E-state index contributed by atoms with van der Waals surface area (Å²) in [5.41, 5.74) is 1.35. The lowest BCUT2D eigenvalue weighted by molar-refractivity contribution is -0.386. The minimum absolute atomic E-state index is 0.00574. The second-order valence-electron chi connectivity index (χ2n) is 4.53. The lowest BCUT2D eigenvalue weighted by Gasteiger charge is -2.07. The standard InChI is InChI=1S/C11H16ClN3O2/c1-3-9-11(15(16)17)10(14(2)13-9)6-8(12)7-4-5-7/h7-8H,3-6H2,1-2H3. The molecule has 0 aromatic carbocycles. The summed E-state index contributed by atoms with van der Waals surface area (Å²) >= 11 is 6.25. The molecule has 94 valence electrons. The van der Waals surface area contributed by atoms with Gasteiger partial charge in [-0.3, -0.25) is 14.8 Å². The Balaban J connectivity index is 2.30. The Morgan fingerprint density at radius 1 is 1.65 bits per heavy atom. The summed E-state index contributed by atoms with van der Waals surface area (Å²) in [6.07, 6.45) is 3.38. The van der Waals surface area contributed by atoms with Crippen LogP contribution in [0.4, 0.5) is 5.69 Å². The SMILES string of the molecule is CCc1nn(C)c(CC(Cl)C2CC2)c1[N+](=O)[O-]. The van der Waals surface area contributed by atoms with Crippen LogP contribution < -0.4 is 0 Å². The highest BCUT2D eigenvalue weighted by atomic mass is 35.5. The van der Waals surface area contributed by atoms with Crippen molar-refractivity contribution in [1.29, 1.82) is 0 Å². The third kappa shape index (κ3) is 2.44. The molecule has 0 aliphatic heterocycles. The van der Waals surface area contributed by atoms with Crippen LogP contribution in [0.2, 0.25) is 0 Å². The van der Waals surface area contributed by atoms with Crippen molar-refractivity contribution in [3.05, 3.63) is 21.5 Å². The summed E-state index contributed by atoms with van der Waals surface area (Å²) < 4.78 is 1.61. The van der Waals surface area contributed by atoms with E-state index in [1.807, 2.05) is 6.92 Å². The molecule has 1 aromatic rings. The Kier molecular flexibility index (Phi) is 3.38. The van der Waals surface area contributed by atoms with E-state index in [0.29, 0.717) is 30.1 Å². The number of nitrogens with zero attached hydrogens (tertiary/aromatic N) is 3. The van der Waals surface area contributed by atoms with Crippen molar-refractivity contribution in [2.75, 3.05) is 0 Å². The van der Waals surface area contributed by atoms with Gasteiger partial charge in [0.15, 0.2) is 0 Å². The highest BCUT2D eigenvalue weighted by molar-refractivity contribution is 6.21. The maximum atomic E-state index is 11.1. The topological polar surface area (TPSA) is 61.0 Å². The second-order valence-corrected chi connectivity index (χ2v) is 5.09. The van der Waals surface area contributed by atoms with Crippen LogP contribution in [0.15, 0.2) is 0 Å². The first-order chi connectivity index (χ1) is 8.04. The molecule has 1 heterocycles. The van der Waals surface area contributed by atoms with Crippen LogP contribution in [-0.4, -0.2) is 20.1 Å². The van der Waals surface area contributed by atoms with Crippen molar-refractivity contribution in [2.45, 2.75) is 38.0 Å². The molecule has 17 heavy (non-hydrogen) atoms. The molecule has 0 saturated heterocycles. The van der Waals surface area contributed by atoms with Gasteiger partial charge in [-0.05, 0) is 25.2 Å². The zero-order valence-electron chi connectivity index (χ0n) is 10.0. The summed E-state index contributed by atoms with van der Waals surface area (Å²) in [4.78, 5) is 10.8. The van der Waals surface area contributed by atoms with E-state index in [0.717, 1.165) is 12.8 Å². The molecule has 1 atom stereocenters.